The number of hydrogen-bond acceptors (Lipinski definition) is 3. The average Bonchev–Trinajstić information content (AvgIpc) is 2.68. The van der Waals surface area contributed by atoms with Gasteiger partial charge < -0.3 is 0 Å². The highest BCUT2D eigenvalue weighted by molar-refractivity contribution is 9.09. The van der Waals surface area contributed by atoms with E-state index in [1.54, 1.807) is 11.3 Å². The van der Waals surface area contributed by atoms with Gasteiger partial charge in [0.1, 0.15) is 10.0 Å². The molecule has 2 nitrogen and oxygen atoms in total. The Balaban J connectivity index is 2.76. The first kappa shape index (κ1) is 12.1. The van der Waals surface area contributed by atoms with Crippen molar-refractivity contribution in [1.82, 2.24) is 10.2 Å². The van der Waals surface area contributed by atoms with Crippen molar-refractivity contribution >= 4 is 27.3 Å². The zero-order valence-corrected chi connectivity index (χ0v) is 11.4. The molecule has 1 rings (SSSR count). The van der Waals surface area contributed by atoms with Gasteiger partial charge in [-0.05, 0) is 19.3 Å². The lowest BCUT2D eigenvalue weighted by Gasteiger charge is -2.06. The monoisotopic (exact) mass is 276 g/mol. The maximum Gasteiger partial charge on any atom is 0.131 e. The predicted molar refractivity (Wildman–Crippen MR) is 65.2 cm³/mol. The summed E-state index contributed by atoms with van der Waals surface area (Å²) in [6.45, 7) is 6.57. The number of aromatic nitrogens is 2. The van der Waals surface area contributed by atoms with Crippen LogP contribution in [0, 0.1) is 0 Å². The highest BCUT2D eigenvalue weighted by Gasteiger charge is 2.16. The van der Waals surface area contributed by atoms with Crippen molar-refractivity contribution in [2.24, 2.45) is 0 Å². The third-order valence-electron chi connectivity index (χ3n) is 2.42. The normalized spacial score (nSPS) is 13.5. The fourth-order valence-electron chi connectivity index (χ4n) is 1.35. The Morgan fingerprint density at radius 3 is 2.14 bits per heavy atom. The standard InChI is InChI=1S/C10H17BrN2S/c1-4-7(5-2)9-12-13-10(14-9)8(11)6-3/h7-8H,4-6H2,1-3H3. The topological polar surface area (TPSA) is 25.8 Å². The molecule has 1 aromatic heterocycles. The van der Waals surface area contributed by atoms with Crippen LogP contribution >= 0.6 is 27.3 Å². The summed E-state index contributed by atoms with van der Waals surface area (Å²) in [4.78, 5) is 0.378. The fourth-order valence-corrected chi connectivity index (χ4v) is 2.89. The molecule has 1 atom stereocenters. The average molecular weight is 277 g/mol. The lowest BCUT2D eigenvalue weighted by molar-refractivity contribution is 0.629. The zero-order chi connectivity index (χ0) is 10.6. The van der Waals surface area contributed by atoms with E-state index in [9.17, 15) is 0 Å². The van der Waals surface area contributed by atoms with E-state index in [4.69, 9.17) is 0 Å². The molecule has 0 aromatic carbocycles. The summed E-state index contributed by atoms with van der Waals surface area (Å²) < 4.78 is 0. The van der Waals surface area contributed by atoms with Crippen molar-refractivity contribution in [2.45, 2.75) is 50.8 Å². The molecule has 1 unspecified atom stereocenters. The lowest BCUT2D eigenvalue weighted by atomic mass is 10.1. The number of nitrogens with zero attached hydrogens (tertiary/aromatic N) is 2. The Morgan fingerprint density at radius 1 is 1.07 bits per heavy atom. The summed E-state index contributed by atoms with van der Waals surface area (Å²) in [6, 6.07) is 0. The molecule has 0 aliphatic carbocycles. The van der Waals surface area contributed by atoms with Gasteiger partial charge in [-0.3, -0.25) is 0 Å². The first-order valence-electron chi connectivity index (χ1n) is 5.20. The van der Waals surface area contributed by atoms with Gasteiger partial charge in [-0.1, -0.05) is 36.7 Å². The molecule has 0 saturated carbocycles. The van der Waals surface area contributed by atoms with Crippen LogP contribution < -0.4 is 0 Å². The molecule has 0 radical (unpaired) electrons. The molecule has 0 fully saturated rings. The second kappa shape index (κ2) is 5.81. The molecule has 0 bridgehead atoms. The molecule has 4 heteroatoms. The number of hydrogen-bond donors (Lipinski definition) is 0. The Morgan fingerprint density at radius 2 is 1.64 bits per heavy atom. The van der Waals surface area contributed by atoms with Crippen molar-refractivity contribution < 1.29 is 0 Å². The molecule has 1 aromatic rings. The molecule has 0 aliphatic heterocycles. The summed E-state index contributed by atoms with van der Waals surface area (Å²) in [5.74, 6) is 0.595. The van der Waals surface area contributed by atoms with Crippen molar-refractivity contribution in [3.05, 3.63) is 10.0 Å². The molecular weight excluding hydrogens is 260 g/mol. The third kappa shape index (κ3) is 2.76. The second-order valence-corrected chi connectivity index (χ2v) is 5.51. The van der Waals surface area contributed by atoms with Gasteiger partial charge in [0.05, 0.1) is 4.83 Å². The van der Waals surface area contributed by atoms with Crippen molar-refractivity contribution in [1.29, 1.82) is 0 Å². The van der Waals surface area contributed by atoms with E-state index >= 15 is 0 Å². The van der Waals surface area contributed by atoms with Crippen LogP contribution in [0.5, 0.6) is 0 Å². The zero-order valence-electron chi connectivity index (χ0n) is 8.96. The molecule has 1 heterocycles. The highest BCUT2D eigenvalue weighted by atomic mass is 79.9. The Labute approximate surface area is 98.3 Å². The van der Waals surface area contributed by atoms with Crippen LogP contribution in [0.4, 0.5) is 0 Å². The van der Waals surface area contributed by atoms with Crippen molar-refractivity contribution in [2.75, 3.05) is 0 Å². The van der Waals surface area contributed by atoms with Gasteiger partial charge in [0.25, 0.3) is 0 Å². The van der Waals surface area contributed by atoms with Crippen LogP contribution in [-0.2, 0) is 0 Å². The SMILES string of the molecule is CCC(Br)c1nnc(C(CC)CC)s1. The molecule has 0 saturated heterocycles. The second-order valence-electron chi connectivity index (χ2n) is 3.37. The van der Waals surface area contributed by atoms with Crippen LogP contribution in [0.1, 0.15) is 60.8 Å². The first-order valence-corrected chi connectivity index (χ1v) is 6.93. The smallest absolute Gasteiger partial charge is 0.131 e. The van der Waals surface area contributed by atoms with Gasteiger partial charge in [-0.2, -0.15) is 0 Å². The summed E-state index contributed by atoms with van der Waals surface area (Å²) >= 11 is 5.35. The summed E-state index contributed by atoms with van der Waals surface area (Å²) in [6.07, 6.45) is 3.38. The van der Waals surface area contributed by atoms with E-state index in [1.165, 1.54) is 5.01 Å². The minimum absolute atomic E-state index is 0.378. The molecule has 0 spiro atoms. The van der Waals surface area contributed by atoms with Crippen LogP contribution in [-0.4, -0.2) is 10.2 Å². The molecule has 0 N–H and O–H groups in total. The van der Waals surface area contributed by atoms with E-state index in [1.807, 2.05) is 0 Å². The predicted octanol–water partition coefficient (Wildman–Crippen LogP) is 4.29. The van der Waals surface area contributed by atoms with Crippen LogP contribution in [0.3, 0.4) is 0 Å². The minimum atomic E-state index is 0.378. The largest absolute Gasteiger partial charge is 0.143 e. The lowest BCUT2D eigenvalue weighted by Crippen LogP contribution is -1.93. The number of rotatable bonds is 5. The number of alkyl halides is 1. The van der Waals surface area contributed by atoms with Crippen molar-refractivity contribution in [3.8, 4) is 0 Å². The minimum Gasteiger partial charge on any atom is -0.143 e. The summed E-state index contributed by atoms with van der Waals surface area (Å²) in [5.41, 5.74) is 0. The van der Waals surface area contributed by atoms with E-state index in [0.717, 1.165) is 24.3 Å². The molecule has 14 heavy (non-hydrogen) atoms. The van der Waals surface area contributed by atoms with Crippen molar-refractivity contribution in [3.63, 3.8) is 0 Å². The van der Waals surface area contributed by atoms with E-state index in [2.05, 4.69) is 46.9 Å². The molecule has 0 aliphatic rings. The maximum atomic E-state index is 4.27. The quantitative estimate of drug-likeness (QED) is 0.750. The highest BCUT2D eigenvalue weighted by Crippen LogP contribution is 2.32. The van der Waals surface area contributed by atoms with Gasteiger partial charge >= 0.3 is 0 Å². The van der Waals surface area contributed by atoms with Gasteiger partial charge in [0.15, 0.2) is 0 Å². The van der Waals surface area contributed by atoms with Gasteiger partial charge in [0, 0.05) is 5.92 Å². The molecular formula is C10H17BrN2S. The summed E-state index contributed by atoms with van der Waals surface area (Å²) in [5, 5.41) is 10.8. The summed E-state index contributed by atoms with van der Waals surface area (Å²) in [7, 11) is 0. The number of halogens is 1. The molecule has 80 valence electrons. The van der Waals surface area contributed by atoms with Gasteiger partial charge in [-0.25, -0.2) is 0 Å². The molecule has 0 amide bonds. The first-order chi connectivity index (χ1) is 6.72. The van der Waals surface area contributed by atoms with Crippen LogP contribution in [0.2, 0.25) is 0 Å². The van der Waals surface area contributed by atoms with E-state index < -0.39 is 0 Å². The third-order valence-corrected chi connectivity index (χ3v) is 5.00. The van der Waals surface area contributed by atoms with Gasteiger partial charge in [0.2, 0.25) is 0 Å². The van der Waals surface area contributed by atoms with Crippen LogP contribution in [0.15, 0.2) is 0 Å². The Bertz CT molecular complexity index is 271. The fraction of sp³-hybridized carbons (Fsp3) is 0.800. The van der Waals surface area contributed by atoms with E-state index in [-0.39, 0.29) is 0 Å². The Hall–Kier alpha value is 0.0400. The Kier molecular flexibility index (Phi) is 5.02. The van der Waals surface area contributed by atoms with Crippen LogP contribution in [0.25, 0.3) is 0 Å². The maximum absolute atomic E-state index is 4.27. The van der Waals surface area contributed by atoms with Gasteiger partial charge in [-0.15, -0.1) is 21.5 Å². The van der Waals surface area contributed by atoms with E-state index in [0.29, 0.717) is 10.7 Å².